The van der Waals surface area contributed by atoms with E-state index in [0.29, 0.717) is 4.47 Å². The van der Waals surface area contributed by atoms with Crippen molar-refractivity contribution in [3.8, 4) is 6.07 Å². The number of nitriles is 1. The number of halogens is 2. The van der Waals surface area contributed by atoms with Crippen LogP contribution in [0.5, 0.6) is 0 Å². The molecule has 1 nitrogen and oxygen atoms in total. The van der Waals surface area contributed by atoms with Gasteiger partial charge in [-0.15, -0.1) is 0 Å². The van der Waals surface area contributed by atoms with Gasteiger partial charge in [-0.25, -0.2) is 4.39 Å². The van der Waals surface area contributed by atoms with E-state index in [1.54, 1.807) is 6.07 Å². The van der Waals surface area contributed by atoms with Crippen LogP contribution in [0.2, 0.25) is 0 Å². The average Bonchev–Trinajstić information content (AvgIpc) is 2.10. The van der Waals surface area contributed by atoms with Gasteiger partial charge < -0.3 is 0 Å². The van der Waals surface area contributed by atoms with Crippen molar-refractivity contribution in [3.63, 3.8) is 0 Å². The van der Waals surface area contributed by atoms with Crippen LogP contribution < -0.4 is 0 Å². The van der Waals surface area contributed by atoms with Crippen LogP contribution in [0.15, 0.2) is 22.7 Å². The Kier molecular flexibility index (Phi) is 3.44. The second-order valence-electron chi connectivity index (χ2n) is 2.76. The lowest BCUT2D eigenvalue weighted by molar-refractivity contribution is 0.625. The van der Waals surface area contributed by atoms with E-state index in [1.165, 1.54) is 12.1 Å². The quantitative estimate of drug-likeness (QED) is 0.777. The summed E-state index contributed by atoms with van der Waals surface area (Å²) < 4.78 is 13.4. The molecular weight excluding hydrogens is 233 g/mol. The topological polar surface area (TPSA) is 23.8 Å². The van der Waals surface area contributed by atoms with E-state index in [1.807, 2.05) is 6.92 Å². The van der Waals surface area contributed by atoms with Gasteiger partial charge >= 0.3 is 0 Å². The summed E-state index contributed by atoms with van der Waals surface area (Å²) >= 11 is 3.24. The Bertz CT molecular complexity index is 343. The van der Waals surface area contributed by atoms with Gasteiger partial charge in [-0.1, -0.05) is 28.9 Å². The summed E-state index contributed by atoms with van der Waals surface area (Å²) in [5.41, 5.74) is 0.853. The number of hydrogen-bond donors (Lipinski definition) is 0. The predicted octanol–water partition coefficient (Wildman–Crippen LogP) is 3.61. The summed E-state index contributed by atoms with van der Waals surface area (Å²) in [6.07, 6.45) is 0.737. The third-order valence-corrected chi connectivity index (χ3v) is 2.59. The fourth-order valence-corrected chi connectivity index (χ4v) is 1.79. The predicted molar refractivity (Wildman–Crippen MR) is 52.7 cm³/mol. The molecule has 0 aromatic heterocycles. The maximum atomic E-state index is 12.7. The molecule has 0 heterocycles. The third kappa shape index (κ3) is 2.28. The lowest BCUT2D eigenvalue weighted by Crippen LogP contribution is -1.95. The van der Waals surface area contributed by atoms with Crippen LogP contribution in [0, 0.1) is 17.1 Å². The van der Waals surface area contributed by atoms with Gasteiger partial charge in [-0.2, -0.15) is 5.26 Å². The summed E-state index contributed by atoms with van der Waals surface area (Å²) in [5.74, 6) is -0.446. The van der Waals surface area contributed by atoms with E-state index >= 15 is 0 Å². The Labute approximate surface area is 85.3 Å². The van der Waals surface area contributed by atoms with E-state index in [0.717, 1.165) is 12.0 Å². The number of benzene rings is 1. The molecule has 13 heavy (non-hydrogen) atoms. The molecule has 1 atom stereocenters. The van der Waals surface area contributed by atoms with E-state index in [2.05, 4.69) is 22.0 Å². The molecule has 1 aromatic rings. The second kappa shape index (κ2) is 4.38. The molecule has 0 aliphatic heterocycles. The molecule has 68 valence electrons. The molecule has 1 rings (SSSR count). The SMILES string of the molecule is CCC(C#N)c1ccc(F)cc1Br. The lowest BCUT2D eigenvalue weighted by Gasteiger charge is -2.08. The minimum absolute atomic E-state index is 0.157. The molecule has 0 N–H and O–H groups in total. The van der Waals surface area contributed by atoms with E-state index < -0.39 is 0 Å². The summed E-state index contributed by atoms with van der Waals surface area (Å²) in [5, 5.41) is 8.81. The molecule has 1 aromatic carbocycles. The van der Waals surface area contributed by atoms with E-state index in [-0.39, 0.29) is 11.7 Å². The zero-order valence-electron chi connectivity index (χ0n) is 7.22. The van der Waals surface area contributed by atoms with Crippen molar-refractivity contribution < 1.29 is 4.39 Å². The Hall–Kier alpha value is -0.880. The van der Waals surface area contributed by atoms with E-state index in [4.69, 9.17) is 5.26 Å². The van der Waals surface area contributed by atoms with Gasteiger partial charge in [0.05, 0.1) is 12.0 Å². The number of hydrogen-bond acceptors (Lipinski definition) is 1. The maximum absolute atomic E-state index is 12.7. The van der Waals surface area contributed by atoms with Crippen molar-refractivity contribution in [2.45, 2.75) is 19.3 Å². The summed E-state index contributed by atoms with van der Waals surface area (Å²) in [4.78, 5) is 0. The van der Waals surface area contributed by atoms with Gasteiger partial charge in [-0.3, -0.25) is 0 Å². The van der Waals surface area contributed by atoms with Crippen molar-refractivity contribution in [2.75, 3.05) is 0 Å². The van der Waals surface area contributed by atoms with Crippen LogP contribution in [-0.4, -0.2) is 0 Å². The molecule has 0 aliphatic carbocycles. The Morgan fingerprint density at radius 1 is 1.62 bits per heavy atom. The van der Waals surface area contributed by atoms with Crippen molar-refractivity contribution in [2.24, 2.45) is 0 Å². The highest BCUT2D eigenvalue weighted by Crippen LogP contribution is 2.27. The highest BCUT2D eigenvalue weighted by atomic mass is 79.9. The Morgan fingerprint density at radius 2 is 2.31 bits per heavy atom. The van der Waals surface area contributed by atoms with Gasteiger partial charge in [0.25, 0.3) is 0 Å². The molecule has 0 spiro atoms. The average molecular weight is 242 g/mol. The molecular formula is C10H9BrFN. The smallest absolute Gasteiger partial charge is 0.124 e. The van der Waals surface area contributed by atoms with Gasteiger partial charge in [0.2, 0.25) is 0 Å². The highest BCUT2D eigenvalue weighted by Gasteiger charge is 2.11. The minimum Gasteiger partial charge on any atom is -0.207 e. The zero-order chi connectivity index (χ0) is 9.84. The fraction of sp³-hybridized carbons (Fsp3) is 0.300. The van der Waals surface area contributed by atoms with Crippen LogP contribution in [0.25, 0.3) is 0 Å². The van der Waals surface area contributed by atoms with Crippen LogP contribution >= 0.6 is 15.9 Å². The molecule has 0 bridgehead atoms. The number of rotatable bonds is 2. The number of nitrogens with zero attached hydrogens (tertiary/aromatic N) is 1. The minimum atomic E-state index is -0.289. The molecule has 0 aliphatic rings. The van der Waals surface area contributed by atoms with Crippen LogP contribution in [-0.2, 0) is 0 Å². The third-order valence-electron chi connectivity index (χ3n) is 1.90. The van der Waals surface area contributed by atoms with Gasteiger partial charge in [-0.05, 0) is 24.1 Å². The Balaban J connectivity index is 3.09. The van der Waals surface area contributed by atoms with Crippen LogP contribution in [0.3, 0.4) is 0 Å². The largest absolute Gasteiger partial charge is 0.207 e. The molecule has 0 saturated carbocycles. The van der Waals surface area contributed by atoms with Crippen LogP contribution in [0.4, 0.5) is 4.39 Å². The first kappa shape index (κ1) is 10.2. The molecule has 0 fully saturated rings. The first-order valence-electron chi connectivity index (χ1n) is 4.03. The molecule has 0 saturated heterocycles. The lowest BCUT2D eigenvalue weighted by atomic mass is 9.98. The van der Waals surface area contributed by atoms with Crippen molar-refractivity contribution in [3.05, 3.63) is 34.1 Å². The van der Waals surface area contributed by atoms with E-state index in [9.17, 15) is 4.39 Å². The molecule has 0 amide bonds. The first-order chi connectivity index (χ1) is 6.19. The Morgan fingerprint density at radius 3 is 2.77 bits per heavy atom. The van der Waals surface area contributed by atoms with Crippen LogP contribution in [0.1, 0.15) is 24.8 Å². The molecule has 1 unspecified atom stereocenters. The van der Waals surface area contributed by atoms with Crippen molar-refractivity contribution in [1.29, 1.82) is 5.26 Å². The fourth-order valence-electron chi connectivity index (χ4n) is 1.16. The van der Waals surface area contributed by atoms with Gasteiger partial charge in [0.15, 0.2) is 0 Å². The molecule has 3 heteroatoms. The first-order valence-corrected chi connectivity index (χ1v) is 4.83. The van der Waals surface area contributed by atoms with Crippen molar-refractivity contribution >= 4 is 15.9 Å². The summed E-state index contributed by atoms with van der Waals surface area (Å²) in [6, 6.07) is 6.58. The van der Waals surface area contributed by atoms with Crippen molar-refractivity contribution in [1.82, 2.24) is 0 Å². The second-order valence-corrected chi connectivity index (χ2v) is 3.61. The monoisotopic (exact) mass is 241 g/mol. The zero-order valence-corrected chi connectivity index (χ0v) is 8.81. The normalized spacial score (nSPS) is 12.2. The summed E-state index contributed by atoms with van der Waals surface area (Å²) in [7, 11) is 0. The maximum Gasteiger partial charge on any atom is 0.124 e. The summed E-state index contributed by atoms with van der Waals surface area (Å²) in [6.45, 7) is 1.93. The van der Waals surface area contributed by atoms with Gasteiger partial charge in [0, 0.05) is 4.47 Å². The highest BCUT2D eigenvalue weighted by molar-refractivity contribution is 9.10. The van der Waals surface area contributed by atoms with Gasteiger partial charge in [0.1, 0.15) is 5.82 Å². The standard InChI is InChI=1S/C10H9BrFN/c1-2-7(6-13)9-4-3-8(12)5-10(9)11/h3-5,7H,2H2,1H3. The molecule has 0 radical (unpaired) electrons.